The van der Waals surface area contributed by atoms with Gasteiger partial charge >= 0.3 is 0 Å². The molecule has 1 N–H and O–H groups in total. The molecule has 25 heavy (non-hydrogen) atoms. The highest BCUT2D eigenvalue weighted by Gasteiger charge is 2.36. The van der Waals surface area contributed by atoms with Crippen molar-refractivity contribution in [1.29, 1.82) is 0 Å². The van der Waals surface area contributed by atoms with E-state index in [1.807, 2.05) is 49.4 Å². The summed E-state index contributed by atoms with van der Waals surface area (Å²) < 4.78 is 0. The van der Waals surface area contributed by atoms with E-state index in [-0.39, 0.29) is 17.0 Å². The summed E-state index contributed by atoms with van der Waals surface area (Å²) in [5.41, 5.74) is 3.44. The molecule has 0 aliphatic heterocycles. The maximum absolute atomic E-state index is 12.8. The fourth-order valence-corrected chi connectivity index (χ4v) is 3.17. The Morgan fingerprint density at radius 2 is 1.64 bits per heavy atom. The van der Waals surface area contributed by atoms with Gasteiger partial charge in [0, 0.05) is 12.0 Å². The zero-order valence-electron chi connectivity index (χ0n) is 14.9. The second-order valence-electron chi connectivity index (χ2n) is 7.42. The molecule has 0 amide bonds. The van der Waals surface area contributed by atoms with E-state index in [9.17, 15) is 9.90 Å². The Hall–Kier alpha value is -2.68. The van der Waals surface area contributed by atoms with Gasteiger partial charge < -0.3 is 5.11 Å². The lowest BCUT2D eigenvalue weighted by Gasteiger charge is -2.31. The van der Waals surface area contributed by atoms with Gasteiger partial charge in [0.15, 0.2) is 5.78 Å². The number of hydrogen-bond acceptors (Lipinski definition) is 3. The van der Waals surface area contributed by atoms with Gasteiger partial charge in [-0.15, -0.1) is 0 Å². The normalized spacial score (nSPS) is 20.6. The van der Waals surface area contributed by atoms with Gasteiger partial charge in [-0.1, -0.05) is 61.9 Å². The van der Waals surface area contributed by atoms with Crippen LogP contribution in [0.4, 0.5) is 5.69 Å². The minimum atomic E-state index is -0.166. The number of carbonyl (C=O) groups excluding carboxylic acids is 1. The third-order valence-electron chi connectivity index (χ3n) is 4.43. The molecule has 0 radical (unpaired) electrons. The molecule has 1 fully saturated rings. The lowest BCUT2D eigenvalue weighted by atomic mass is 9.73. The standard InChI is InChI=1S/C22H23NO2/c1-15-9-11-17(12-10-15)23-18-13-22(2,3)14-19(24)20(18)21(25)16-7-5-4-6-8-16/h4-12,25H,13-14H2,1-3H3/b21-20+,23-18?. The number of aryl methyl sites for hydroxylation is 1. The molecule has 128 valence electrons. The Kier molecular flexibility index (Phi) is 4.58. The number of benzene rings is 2. The predicted octanol–water partition coefficient (Wildman–Crippen LogP) is 5.43. The number of Topliss-reactive ketones (excluding diaryl/α,β-unsaturated/α-hetero) is 1. The molecular formula is C22H23NO2. The molecule has 3 rings (SSSR count). The number of aliphatic hydroxyl groups excluding tert-OH is 1. The first-order valence-corrected chi connectivity index (χ1v) is 8.52. The van der Waals surface area contributed by atoms with E-state index in [0.29, 0.717) is 29.7 Å². The first-order chi connectivity index (χ1) is 11.9. The highest BCUT2D eigenvalue weighted by molar-refractivity contribution is 6.28. The van der Waals surface area contributed by atoms with Crippen LogP contribution in [-0.2, 0) is 4.79 Å². The molecule has 1 aliphatic rings. The van der Waals surface area contributed by atoms with Crippen LogP contribution in [0.5, 0.6) is 0 Å². The summed E-state index contributed by atoms with van der Waals surface area (Å²) in [4.78, 5) is 17.5. The molecule has 1 saturated carbocycles. The maximum Gasteiger partial charge on any atom is 0.169 e. The Bertz CT molecular complexity index is 843. The second-order valence-corrected chi connectivity index (χ2v) is 7.42. The molecular weight excluding hydrogens is 310 g/mol. The molecule has 0 atom stereocenters. The molecule has 3 nitrogen and oxygen atoms in total. The van der Waals surface area contributed by atoms with Gasteiger partial charge in [-0.3, -0.25) is 9.79 Å². The van der Waals surface area contributed by atoms with Crippen LogP contribution in [-0.4, -0.2) is 16.6 Å². The van der Waals surface area contributed by atoms with Crippen molar-refractivity contribution in [2.45, 2.75) is 33.6 Å². The third-order valence-corrected chi connectivity index (χ3v) is 4.43. The Labute approximate surface area is 148 Å². The Balaban J connectivity index is 2.13. The topological polar surface area (TPSA) is 49.7 Å². The minimum Gasteiger partial charge on any atom is -0.506 e. The number of aliphatic hydroxyl groups is 1. The number of ketones is 1. The van der Waals surface area contributed by atoms with Crippen LogP contribution in [0.15, 0.2) is 65.2 Å². The van der Waals surface area contributed by atoms with E-state index in [1.165, 1.54) is 0 Å². The van der Waals surface area contributed by atoms with Crippen LogP contribution in [0.3, 0.4) is 0 Å². The average Bonchev–Trinajstić information content (AvgIpc) is 2.56. The lowest BCUT2D eigenvalue weighted by Crippen LogP contribution is -2.32. The zero-order valence-corrected chi connectivity index (χ0v) is 14.9. The highest BCUT2D eigenvalue weighted by Crippen LogP contribution is 2.37. The predicted molar refractivity (Wildman–Crippen MR) is 102 cm³/mol. The number of rotatable bonds is 2. The monoisotopic (exact) mass is 333 g/mol. The quantitative estimate of drug-likeness (QED) is 0.589. The molecule has 0 unspecified atom stereocenters. The number of nitrogens with zero attached hydrogens (tertiary/aromatic N) is 1. The van der Waals surface area contributed by atoms with Gasteiger partial charge in [-0.2, -0.15) is 0 Å². The zero-order chi connectivity index (χ0) is 18.0. The lowest BCUT2D eigenvalue weighted by molar-refractivity contribution is -0.117. The SMILES string of the molecule is Cc1ccc(N=C2CC(C)(C)CC(=O)/C2=C(/O)c2ccccc2)cc1. The van der Waals surface area contributed by atoms with E-state index in [0.717, 1.165) is 11.3 Å². The average molecular weight is 333 g/mol. The first kappa shape index (κ1) is 17.2. The van der Waals surface area contributed by atoms with Gasteiger partial charge in [0.25, 0.3) is 0 Å². The van der Waals surface area contributed by atoms with Crippen molar-refractivity contribution in [3.63, 3.8) is 0 Å². The summed E-state index contributed by atoms with van der Waals surface area (Å²) in [5, 5.41) is 10.8. The molecule has 0 spiro atoms. The minimum absolute atomic E-state index is 0.0203. The van der Waals surface area contributed by atoms with Crippen molar-refractivity contribution in [3.05, 3.63) is 71.3 Å². The van der Waals surface area contributed by atoms with Crippen LogP contribution in [0.25, 0.3) is 5.76 Å². The Morgan fingerprint density at radius 1 is 1.00 bits per heavy atom. The van der Waals surface area contributed by atoms with Crippen LogP contribution >= 0.6 is 0 Å². The van der Waals surface area contributed by atoms with Gasteiger partial charge in [-0.25, -0.2) is 0 Å². The molecule has 0 heterocycles. The highest BCUT2D eigenvalue weighted by atomic mass is 16.3. The molecule has 2 aromatic rings. The molecule has 3 heteroatoms. The van der Waals surface area contributed by atoms with E-state index in [1.54, 1.807) is 12.1 Å². The summed E-state index contributed by atoms with van der Waals surface area (Å²) in [7, 11) is 0. The molecule has 0 aromatic heterocycles. The van der Waals surface area contributed by atoms with Gasteiger partial charge in [-0.05, 0) is 30.9 Å². The second kappa shape index (κ2) is 6.67. The number of carbonyl (C=O) groups is 1. The largest absolute Gasteiger partial charge is 0.506 e. The van der Waals surface area contributed by atoms with Crippen LogP contribution < -0.4 is 0 Å². The molecule has 0 bridgehead atoms. The fourth-order valence-electron chi connectivity index (χ4n) is 3.17. The number of hydrogen-bond donors (Lipinski definition) is 1. The van der Waals surface area contributed by atoms with Crippen molar-refractivity contribution >= 4 is 22.9 Å². The van der Waals surface area contributed by atoms with E-state index in [4.69, 9.17) is 4.99 Å². The molecule has 2 aromatic carbocycles. The van der Waals surface area contributed by atoms with Crippen molar-refractivity contribution in [2.24, 2.45) is 10.4 Å². The summed E-state index contributed by atoms with van der Waals surface area (Å²) in [6, 6.07) is 17.1. The van der Waals surface area contributed by atoms with E-state index >= 15 is 0 Å². The van der Waals surface area contributed by atoms with Crippen molar-refractivity contribution in [2.75, 3.05) is 0 Å². The Morgan fingerprint density at radius 3 is 2.28 bits per heavy atom. The van der Waals surface area contributed by atoms with Crippen molar-refractivity contribution < 1.29 is 9.90 Å². The molecule has 1 aliphatic carbocycles. The first-order valence-electron chi connectivity index (χ1n) is 8.52. The van der Waals surface area contributed by atoms with Gasteiger partial charge in [0.05, 0.1) is 17.0 Å². The van der Waals surface area contributed by atoms with Crippen LogP contribution in [0.2, 0.25) is 0 Å². The fraction of sp³-hybridized carbons (Fsp3) is 0.273. The van der Waals surface area contributed by atoms with Gasteiger partial charge in [0.1, 0.15) is 5.76 Å². The summed E-state index contributed by atoms with van der Waals surface area (Å²) in [5.74, 6) is -0.0320. The smallest absolute Gasteiger partial charge is 0.169 e. The van der Waals surface area contributed by atoms with E-state index in [2.05, 4.69) is 13.8 Å². The summed E-state index contributed by atoms with van der Waals surface area (Å²) >= 11 is 0. The summed E-state index contributed by atoms with van der Waals surface area (Å²) in [6.45, 7) is 6.15. The van der Waals surface area contributed by atoms with Crippen LogP contribution in [0.1, 0.15) is 37.8 Å². The van der Waals surface area contributed by atoms with Crippen molar-refractivity contribution in [1.82, 2.24) is 0 Å². The molecule has 0 saturated heterocycles. The van der Waals surface area contributed by atoms with E-state index < -0.39 is 0 Å². The third kappa shape index (κ3) is 3.87. The van der Waals surface area contributed by atoms with Crippen LogP contribution in [0, 0.1) is 12.3 Å². The number of aliphatic imine (C=N–C) groups is 1. The maximum atomic E-state index is 12.8. The van der Waals surface area contributed by atoms with Gasteiger partial charge in [0.2, 0.25) is 0 Å². The van der Waals surface area contributed by atoms with Crippen molar-refractivity contribution in [3.8, 4) is 0 Å². The summed E-state index contributed by atoms with van der Waals surface area (Å²) in [6.07, 6.45) is 1.06. The number of allylic oxidation sites excluding steroid dienone is 1.